The van der Waals surface area contributed by atoms with Gasteiger partial charge in [0.2, 0.25) is 0 Å². The van der Waals surface area contributed by atoms with Crippen LogP contribution in [0.2, 0.25) is 0 Å². The summed E-state index contributed by atoms with van der Waals surface area (Å²) in [6.45, 7) is 5.94. The Morgan fingerprint density at radius 1 is 1.24 bits per heavy atom. The minimum absolute atomic E-state index is 0.558. The molecular formula is C19H24N2O4. The minimum atomic E-state index is -1.26. The number of piperidine rings is 1. The Bertz CT molecular complexity index is 735. The van der Waals surface area contributed by atoms with E-state index in [1.165, 1.54) is 48.9 Å². The highest BCUT2D eigenvalue weighted by Crippen LogP contribution is 2.31. The average molecular weight is 344 g/mol. The lowest BCUT2D eigenvalue weighted by molar-refractivity contribution is -0.134. The maximum absolute atomic E-state index is 9.55. The molecule has 2 heterocycles. The molecule has 1 aliphatic rings. The van der Waals surface area contributed by atoms with Crippen molar-refractivity contribution in [3.63, 3.8) is 0 Å². The van der Waals surface area contributed by atoms with Gasteiger partial charge in [0.1, 0.15) is 0 Å². The fraction of sp³-hybridized carbons (Fsp3) is 0.368. The number of likely N-dealkylation sites (N-methyl/N-ethyl adjacent to an activating group) is 1. The lowest BCUT2D eigenvalue weighted by atomic mass is 9.88. The van der Waals surface area contributed by atoms with Gasteiger partial charge in [-0.25, -0.2) is 9.59 Å². The van der Waals surface area contributed by atoms with E-state index in [-0.39, 0.29) is 0 Å². The van der Waals surface area contributed by atoms with Gasteiger partial charge < -0.3 is 20.1 Å². The van der Waals surface area contributed by atoms with E-state index in [0.29, 0.717) is 18.1 Å². The molecule has 0 aliphatic carbocycles. The van der Waals surface area contributed by atoms with Crippen molar-refractivity contribution in [1.82, 2.24) is 9.88 Å². The van der Waals surface area contributed by atoms with Crippen LogP contribution in [0.5, 0.6) is 0 Å². The van der Waals surface area contributed by atoms with Gasteiger partial charge in [0.25, 0.3) is 0 Å². The summed E-state index contributed by atoms with van der Waals surface area (Å²) in [5.74, 6) is -1.80. The molecule has 0 spiro atoms. The molecule has 1 saturated heterocycles. The number of benzene rings is 1. The normalized spacial score (nSPS) is 18.0. The van der Waals surface area contributed by atoms with Crippen LogP contribution in [0, 0.1) is 0 Å². The Morgan fingerprint density at radius 2 is 1.96 bits per heavy atom. The number of likely N-dealkylation sites (tertiary alicyclic amines) is 1. The highest BCUT2D eigenvalue weighted by atomic mass is 16.4. The Morgan fingerprint density at radius 3 is 2.60 bits per heavy atom. The molecule has 1 aliphatic heterocycles. The van der Waals surface area contributed by atoms with Gasteiger partial charge in [-0.2, -0.15) is 0 Å². The summed E-state index contributed by atoms with van der Waals surface area (Å²) in [5.41, 5.74) is 2.80. The number of nitrogens with one attached hydrogen (secondary N) is 1. The number of hydrogen-bond donors (Lipinski definition) is 3. The van der Waals surface area contributed by atoms with Crippen molar-refractivity contribution in [3.05, 3.63) is 48.2 Å². The van der Waals surface area contributed by atoms with E-state index in [1.54, 1.807) is 0 Å². The molecule has 1 aromatic heterocycles. The molecule has 0 amide bonds. The number of fused-ring (bicyclic) bond motifs is 1. The number of carboxylic acids is 2. The van der Waals surface area contributed by atoms with Crippen LogP contribution in [-0.4, -0.2) is 51.7 Å². The third-order valence-corrected chi connectivity index (χ3v) is 4.39. The fourth-order valence-corrected chi connectivity index (χ4v) is 3.20. The zero-order chi connectivity index (χ0) is 18.2. The molecular weight excluding hydrogens is 320 g/mol. The van der Waals surface area contributed by atoms with Crippen LogP contribution in [0.3, 0.4) is 0 Å². The smallest absolute Gasteiger partial charge is 0.328 e. The van der Waals surface area contributed by atoms with E-state index in [0.717, 1.165) is 0 Å². The summed E-state index contributed by atoms with van der Waals surface area (Å²) in [6, 6.07) is 8.87. The van der Waals surface area contributed by atoms with E-state index >= 15 is 0 Å². The van der Waals surface area contributed by atoms with Crippen molar-refractivity contribution in [2.24, 2.45) is 0 Å². The molecule has 6 nitrogen and oxygen atoms in total. The second kappa shape index (κ2) is 9.03. The van der Waals surface area contributed by atoms with E-state index in [4.69, 9.17) is 10.2 Å². The molecule has 1 atom stereocenters. The van der Waals surface area contributed by atoms with Crippen molar-refractivity contribution in [3.8, 4) is 0 Å². The highest BCUT2D eigenvalue weighted by molar-refractivity contribution is 5.89. The van der Waals surface area contributed by atoms with Crippen LogP contribution in [-0.2, 0) is 9.59 Å². The Balaban J connectivity index is 0.000000242. The molecule has 0 bridgehead atoms. The molecule has 1 fully saturated rings. The Hall–Kier alpha value is -2.60. The quantitative estimate of drug-likeness (QED) is 0.741. The minimum Gasteiger partial charge on any atom is -0.478 e. The number of hydrogen-bond acceptors (Lipinski definition) is 3. The predicted molar refractivity (Wildman–Crippen MR) is 96.8 cm³/mol. The van der Waals surface area contributed by atoms with E-state index in [2.05, 4.69) is 47.3 Å². The number of carbonyl (C=O) groups is 2. The number of aromatic amines is 1. The van der Waals surface area contributed by atoms with Crippen molar-refractivity contribution in [2.75, 3.05) is 19.6 Å². The first-order chi connectivity index (χ1) is 12.0. The van der Waals surface area contributed by atoms with Gasteiger partial charge in [-0.3, -0.25) is 0 Å². The first-order valence-corrected chi connectivity index (χ1v) is 8.43. The Kier molecular flexibility index (Phi) is 6.77. The van der Waals surface area contributed by atoms with Gasteiger partial charge in [-0.15, -0.1) is 0 Å². The number of nitrogens with zero attached hydrogens (tertiary/aromatic N) is 1. The summed E-state index contributed by atoms with van der Waals surface area (Å²) in [7, 11) is 0. The number of aromatic nitrogens is 1. The third kappa shape index (κ3) is 5.46. The number of H-pyrrole nitrogens is 1. The van der Waals surface area contributed by atoms with Crippen LogP contribution in [0.1, 0.15) is 31.2 Å². The van der Waals surface area contributed by atoms with Crippen LogP contribution in [0.25, 0.3) is 10.9 Å². The summed E-state index contributed by atoms with van der Waals surface area (Å²) in [6.07, 6.45) is 5.83. The molecule has 0 saturated carbocycles. The van der Waals surface area contributed by atoms with E-state index < -0.39 is 11.9 Å². The molecule has 1 aromatic carbocycles. The zero-order valence-electron chi connectivity index (χ0n) is 14.3. The van der Waals surface area contributed by atoms with E-state index in [1.807, 2.05) is 0 Å². The van der Waals surface area contributed by atoms with Crippen molar-refractivity contribution in [1.29, 1.82) is 0 Å². The number of carboxylic acid groups (broad SMARTS) is 2. The highest BCUT2D eigenvalue weighted by Gasteiger charge is 2.21. The monoisotopic (exact) mass is 344 g/mol. The predicted octanol–water partition coefficient (Wildman–Crippen LogP) is 3.08. The molecule has 0 radical (unpaired) electrons. The first kappa shape index (κ1) is 18.7. The molecule has 25 heavy (non-hydrogen) atoms. The van der Waals surface area contributed by atoms with Crippen LogP contribution in [0.4, 0.5) is 0 Å². The zero-order valence-corrected chi connectivity index (χ0v) is 14.3. The lowest BCUT2D eigenvalue weighted by Crippen LogP contribution is -2.34. The average Bonchev–Trinajstić information content (AvgIpc) is 3.09. The molecule has 3 rings (SSSR count). The summed E-state index contributed by atoms with van der Waals surface area (Å²) in [5, 5.41) is 17.0. The van der Waals surface area contributed by atoms with Crippen molar-refractivity contribution < 1.29 is 19.8 Å². The number of aliphatic carboxylic acids is 2. The summed E-state index contributed by atoms with van der Waals surface area (Å²) in [4.78, 5) is 25.0. The van der Waals surface area contributed by atoms with Gasteiger partial charge in [-0.1, -0.05) is 19.1 Å². The van der Waals surface area contributed by atoms with Gasteiger partial charge >= 0.3 is 11.9 Å². The van der Waals surface area contributed by atoms with Crippen molar-refractivity contribution in [2.45, 2.75) is 25.7 Å². The topological polar surface area (TPSA) is 93.6 Å². The molecule has 6 heteroatoms. The lowest BCUT2D eigenvalue weighted by Gasteiger charge is -2.32. The number of rotatable bonds is 4. The van der Waals surface area contributed by atoms with Crippen LogP contribution < -0.4 is 0 Å². The molecule has 134 valence electrons. The van der Waals surface area contributed by atoms with Gasteiger partial charge in [0.15, 0.2) is 0 Å². The van der Waals surface area contributed by atoms with Crippen LogP contribution >= 0.6 is 0 Å². The summed E-state index contributed by atoms with van der Waals surface area (Å²) < 4.78 is 0. The standard InChI is InChI=1S/C15H20N2.C4H4O4/c1-2-17-10-4-5-12(11-17)13-6-3-7-15-14(13)8-9-16-15;5-3(6)1-2-4(7)8/h3,6-9,12,16H,2,4-5,10-11H2,1H3;1-2H,(H,5,6)(H,7,8)/b;2-1+. The Labute approximate surface area is 146 Å². The second-order valence-corrected chi connectivity index (χ2v) is 6.03. The van der Waals surface area contributed by atoms with Crippen molar-refractivity contribution >= 4 is 22.8 Å². The van der Waals surface area contributed by atoms with Gasteiger partial charge in [-0.05, 0) is 49.5 Å². The third-order valence-electron chi connectivity index (χ3n) is 4.39. The van der Waals surface area contributed by atoms with Crippen LogP contribution in [0.15, 0.2) is 42.6 Å². The fourth-order valence-electron chi connectivity index (χ4n) is 3.20. The largest absolute Gasteiger partial charge is 0.478 e. The molecule has 2 aromatic rings. The molecule has 3 N–H and O–H groups in total. The van der Waals surface area contributed by atoms with E-state index in [9.17, 15) is 9.59 Å². The maximum Gasteiger partial charge on any atom is 0.328 e. The second-order valence-electron chi connectivity index (χ2n) is 6.03. The summed E-state index contributed by atoms with van der Waals surface area (Å²) >= 11 is 0. The SMILES string of the molecule is CCN1CCCC(c2cccc3[nH]ccc23)C1.O=C(O)/C=C/C(=O)O. The first-order valence-electron chi connectivity index (χ1n) is 8.43. The van der Waals surface area contributed by atoms with Gasteiger partial charge in [0.05, 0.1) is 0 Å². The van der Waals surface area contributed by atoms with Gasteiger partial charge in [0, 0.05) is 35.8 Å². The molecule has 1 unspecified atom stereocenters. The maximum atomic E-state index is 9.55.